The Balaban J connectivity index is 1.71. The van der Waals surface area contributed by atoms with E-state index >= 15 is 0 Å². The van der Waals surface area contributed by atoms with E-state index in [1.54, 1.807) is 0 Å². The Kier molecular flexibility index (Phi) is 5.26. The molecule has 1 aliphatic heterocycles. The van der Waals surface area contributed by atoms with E-state index in [4.69, 9.17) is 17.0 Å². The van der Waals surface area contributed by atoms with Crippen LogP contribution in [0.1, 0.15) is 11.1 Å². The largest absolute Gasteiger partial charge is 0.488 e. The van der Waals surface area contributed by atoms with Crippen molar-refractivity contribution in [3.05, 3.63) is 65.7 Å². The molecule has 0 aromatic heterocycles. The molecule has 4 heteroatoms. The average Bonchev–Trinajstić information content (AvgIpc) is 2.61. The van der Waals surface area contributed by atoms with Crippen molar-refractivity contribution in [3.8, 4) is 5.75 Å². The van der Waals surface area contributed by atoms with Crippen LogP contribution in [0.4, 0.5) is 0 Å². The van der Waals surface area contributed by atoms with Gasteiger partial charge in [-0.3, -0.25) is 0 Å². The van der Waals surface area contributed by atoms with Crippen LogP contribution in [-0.4, -0.2) is 48.0 Å². The maximum absolute atomic E-state index is 6.03. The average molecular weight is 326 g/mol. The molecule has 1 saturated heterocycles. The van der Waals surface area contributed by atoms with E-state index in [-0.39, 0.29) is 0 Å². The van der Waals surface area contributed by atoms with Gasteiger partial charge in [0.2, 0.25) is 0 Å². The van der Waals surface area contributed by atoms with Crippen molar-refractivity contribution >= 4 is 17.2 Å². The van der Waals surface area contributed by atoms with Gasteiger partial charge in [0.1, 0.15) is 17.3 Å². The molecule has 2 aromatic carbocycles. The Bertz CT molecular complexity index is 651. The molecule has 0 unspecified atom stereocenters. The highest BCUT2D eigenvalue weighted by molar-refractivity contribution is 7.80. The number of thiocarbonyl (C=S) groups is 1. The Labute approximate surface area is 143 Å². The summed E-state index contributed by atoms with van der Waals surface area (Å²) in [5.74, 6) is 0.861. The summed E-state index contributed by atoms with van der Waals surface area (Å²) in [4.78, 5) is 5.50. The van der Waals surface area contributed by atoms with Crippen LogP contribution < -0.4 is 4.74 Å². The quantitative estimate of drug-likeness (QED) is 0.802. The Morgan fingerprint density at radius 1 is 0.957 bits per heavy atom. The predicted molar refractivity (Wildman–Crippen MR) is 98.0 cm³/mol. The first-order chi connectivity index (χ1) is 11.2. The zero-order valence-corrected chi connectivity index (χ0v) is 14.3. The maximum Gasteiger partial charge on any atom is 0.130 e. The number of nitrogens with zero attached hydrogens (tertiary/aromatic N) is 2. The van der Waals surface area contributed by atoms with Crippen LogP contribution in [0.5, 0.6) is 5.75 Å². The van der Waals surface area contributed by atoms with Crippen LogP contribution in [0.25, 0.3) is 0 Å². The van der Waals surface area contributed by atoms with Crippen molar-refractivity contribution < 1.29 is 4.74 Å². The molecule has 0 aliphatic carbocycles. The SMILES string of the molecule is CN1CCN(C(=S)c2ccccc2OCc2ccccc2)CC1. The Hall–Kier alpha value is -1.91. The number of benzene rings is 2. The van der Waals surface area contributed by atoms with E-state index in [1.165, 1.54) is 0 Å². The third-order valence-electron chi connectivity index (χ3n) is 4.15. The molecule has 1 aliphatic rings. The van der Waals surface area contributed by atoms with Gasteiger partial charge in [0.25, 0.3) is 0 Å². The van der Waals surface area contributed by atoms with Crippen LogP contribution >= 0.6 is 12.2 Å². The van der Waals surface area contributed by atoms with Crippen LogP contribution in [0.2, 0.25) is 0 Å². The molecule has 0 amide bonds. The van der Waals surface area contributed by atoms with Gasteiger partial charge in [0, 0.05) is 26.2 Å². The third kappa shape index (κ3) is 4.09. The van der Waals surface area contributed by atoms with Gasteiger partial charge in [0.15, 0.2) is 0 Å². The molecule has 2 aromatic rings. The lowest BCUT2D eigenvalue weighted by atomic mass is 10.1. The van der Waals surface area contributed by atoms with Crippen molar-refractivity contribution in [2.75, 3.05) is 33.2 Å². The summed E-state index contributed by atoms with van der Waals surface area (Å²) in [5, 5.41) is 0. The lowest BCUT2D eigenvalue weighted by Gasteiger charge is -2.34. The van der Waals surface area contributed by atoms with E-state index < -0.39 is 0 Å². The molecule has 0 radical (unpaired) electrons. The molecule has 0 N–H and O–H groups in total. The minimum atomic E-state index is 0.559. The minimum absolute atomic E-state index is 0.559. The molecule has 1 heterocycles. The molecule has 3 rings (SSSR count). The van der Waals surface area contributed by atoms with Crippen LogP contribution in [0.15, 0.2) is 54.6 Å². The van der Waals surface area contributed by atoms with Crippen molar-refractivity contribution in [2.45, 2.75) is 6.61 Å². The zero-order chi connectivity index (χ0) is 16.1. The molecule has 0 bridgehead atoms. The van der Waals surface area contributed by atoms with E-state index in [0.717, 1.165) is 48.0 Å². The second-order valence-electron chi connectivity index (χ2n) is 5.87. The summed E-state index contributed by atoms with van der Waals surface area (Å²) in [6.07, 6.45) is 0. The summed E-state index contributed by atoms with van der Waals surface area (Å²) in [5.41, 5.74) is 2.18. The molecule has 3 nitrogen and oxygen atoms in total. The number of hydrogen-bond acceptors (Lipinski definition) is 3. The van der Waals surface area contributed by atoms with Gasteiger partial charge in [-0.2, -0.15) is 0 Å². The third-order valence-corrected chi connectivity index (χ3v) is 4.62. The van der Waals surface area contributed by atoms with Crippen molar-refractivity contribution in [1.82, 2.24) is 9.80 Å². The normalized spacial score (nSPS) is 15.4. The lowest BCUT2D eigenvalue weighted by molar-refractivity contribution is 0.217. The molecule has 0 spiro atoms. The number of likely N-dealkylation sites (N-methyl/N-ethyl adjacent to an activating group) is 1. The highest BCUT2D eigenvalue weighted by atomic mass is 32.1. The highest BCUT2D eigenvalue weighted by Gasteiger charge is 2.19. The molecule has 0 saturated carbocycles. The van der Waals surface area contributed by atoms with E-state index in [1.807, 2.05) is 36.4 Å². The fourth-order valence-corrected chi connectivity index (χ4v) is 3.04. The molecule has 120 valence electrons. The summed E-state index contributed by atoms with van der Waals surface area (Å²) in [6, 6.07) is 18.3. The van der Waals surface area contributed by atoms with Gasteiger partial charge in [-0.05, 0) is 24.7 Å². The van der Waals surface area contributed by atoms with Crippen LogP contribution in [-0.2, 0) is 6.61 Å². The molecular weight excluding hydrogens is 304 g/mol. The first kappa shape index (κ1) is 16.0. The molecule has 0 atom stereocenters. The molecule has 1 fully saturated rings. The number of ether oxygens (including phenoxy) is 1. The summed E-state index contributed by atoms with van der Waals surface area (Å²) >= 11 is 5.72. The fourth-order valence-electron chi connectivity index (χ4n) is 2.68. The van der Waals surface area contributed by atoms with Gasteiger partial charge < -0.3 is 14.5 Å². The van der Waals surface area contributed by atoms with E-state index in [9.17, 15) is 0 Å². The Morgan fingerprint density at radius 3 is 2.35 bits per heavy atom. The minimum Gasteiger partial charge on any atom is -0.488 e. The smallest absolute Gasteiger partial charge is 0.130 e. The second-order valence-corrected chi connectivity index (χ2v) is 6.25. The standard InChI is InChI=1S/C19H22N2OS/c1-20-11-13-21(14-12-20)19(23)17-9-5-6-10-18(17)22-15-16-7-3-2-4-8-16/h2-10H,11-15H2,1H3. The van der Waals surface area contributed by atoms with Gasteiger partial charge in [0.05, 0.1) is 5.56 Å². The Morgan fingerprint density at radius 2 is 1.61 bits per heavy atom. The summed E-state index contributed by atoms with van der Waals surface area (Å²) < 4.78 is 6.03. The first-order valence-electron chi connectivity index (χ1n) is 7.97. The number of piperazine rings is 1. The number of rotatable bonds is 4. The van der Waals surface area contributed by atoms with E-state index in [0.29, 0.717) is 6.61 Å². The summed E-state index contributed by atoms with van der Waals surface area (Å²) in [7, 11) is 2.15. The highest BCUT2D eigenvalue weighted by Crippen LogP contribution is 2.22. The van der Waals surface area contributed by atoms with Crippen molar-refractivity contribution in [3.63, 3.8) is 0 Å². The van der Waals surface area contributed by atoms with Gasteiger partial charge >= 0.3 is 0 Å². The fraction of sp³-hybridized carbons (Fsp3) is 0.316. The second kappa shape index (κ2) is 7.57. The van der Waals surface area contributed by atoms with Gasteiger partial charge in [-0.15, -0.1) is 0 Å². The number of para-hydroxylation sites is 1. The van der Waals surface area contributed by atoms with Crippen molar-refractivity contribution in [2.24, 2.45) is 0 Å². The lowest BCUT2D eigenvalue weighted by Crippen LogP contribution is -2.46. The zero-order valence-electron chi connectivity index (χ0n) is 13.4. The van der Waals surface area contributed by atoms with Gasteiger partial charge in [-0.1, -0.05) is 54.7 Å². The first-order valence-corrected chi connectivity index (χ1v) is 8.38. The topological polar surface area (TPSA) is 15.7 Å². The van der Waals surface area contributed by atoms with Crippen molar-refractivity contribution in [1.29, 1.82) is 0 Å². The van der Waals surface area contributed by atoms with Crippen LogP contribution in [0.3, 0.4) is 0 Å². The predicted octanol–water partition coefficient (Wildman–Crippen LogP) is 3.19. The monoisotopic (exact) mass is 326 g/mol. The molecule has 23 heavy (non-hydrogen) atoms. The van der Waals surface area contributed by atoms with Crippen LogP contribution in [0, 0.1) is 0 Å². The number of hydrogen-bond donors (Lipinski definition) is 0. The van der Waals surface area contributed by atoms with E-state index in [2.05, 4.69) is 35.0 Å². The van der Waals surface area contributed by atoms with Gasteiger partial charge in [-0.25, -0.2) is 0 Å². The summed E-state index contributed by atoms with van der Waals surface area (Å²) in [6.45, 7) is 4.61. The molecular formula is C19H22N2OS. The maximum atomic E-state index is 6.03.